The van der Waals surface area contributed by atoms with Crippen molar-refractivity contribution >= 4 is 17.3 Å². The summed E-state index contributed by atoms with van der Waals surface area (Å²) in [6.45, 7) is 4.88. The molecule has 1 unspecified atom stereocenters. The Morgan fingerprint density at radius 2 is 2.05 bits per heavy atom. The molecule has 0 amide bonds. The van der Waals surface area contributed by atoms with E-state index in [2.05, 4.69) is 5.32 Å². The monoisotopic (exact) mass is 289 g/mol. The van der Waals surface area contributed by atoms with Gasteiger partial charge in [0.15, 0.2) is 0 Å². The summed E-state index contributed by atoms with van der Waals surface area (Å²) in [5.74, 6) is -0.214. The lowest BCUT2D eigenvalue weighted by Gasteiger charge is -2.17. The van der Waals surface area contributed by atoms with Crippen molar-refractivity contribution in [2.45, 2.75) is 26.4 Å². The molecule has 20 heavy (non-hydrogen) atoms. The van der Waals surface area contributed by atoms with Gasteiger partial charge in [0.05, 0.1) is 6.61 Å². The fourth-order valence-electron chi connectivity index (χ4n) is 2.00. The third-order valence-corrected chi connectivity index (χ3v) is 4.12. The fraction of sp³-hybridized carbons (Fsp3) is 0.312. The molecule has 0 spiro atoms. The maximum Gasteiger partial charge on any atom is 0.328 e. The van der Waals surface area contributed by atoms with Crippen LogP contribution in [0.1, 0.15) is 29.0 Å². The minimum absolute atomic E-state index is 0.214. The molecule has 0 radical (unpaired) electrons. The summed E-state index contributed by atoms with van der Waals surface area (Å²) in [5, 5.41) is 5.30. The summed E-state index contributed by atoms with van der Waals surface area (Å²) in [7, 11) is 0. The standard InChI is InChI=1S/C16H19NO2S/c1-3-19-16(18)14(15-12(2)9-10-20-15)17-11-13-7-5-4-6-8-13/h4-10,14,17H,3,11H2,1-2H3. The summed E-state index contributed by atoms with van der Waals surface area (Å²) in [6, 6.07) is 11.7. The molecule has 106 valence electrons. The zero-order valence-corrected chi connectivity index (χ0v) is 12.6. The molecule has 1 atom stereocenters. The van der Waals surface area contributed by atoms with E-state index >= 15 is 0 Å². The number of nitrogens with one attached hydrogen (secondary N) is 1. The highest BCUT2D eigenvalue weighted by Crippen LogP contribution is 2.25. The van der Waals surface area contributed by atoms with E-state index in [0.717, 1.165) is 16.0 Å². The van der Waals surface area contributed by atoms with Crippen LogP contribution in [0.2, 0.25) is 0 Å². The minimum atomic E-state index is -0.393. The number of rotatable bonds is 6. The number of thiophene rings is 1. The molecular weight excluding hydrogens is 270 g/mol. The van der Waals surface area contributed by atoms with Crippen LogP contribution in [0.5, 0.6) is 0 Å². The van der Waals surface area contributed by atoms with Crippen LogP contribution >= 0.6 is 11.3 Å². The van der Waals surface area contributed by atoms with Gasteiger partial charge in [-0.2, -0.15) is 0 Å². The van der Waals surface area contributed by atoms with Crippen LogP contribution < -0.4 is 5.32 Å². The van der Waals surface area contributed by atoms with E-state index in [4.69, 9.17) is 4.74 Å². The van der Waals surface area contributed by atoms with E-state index in [0.29, 0.717) is 13.2 Å². The van der Waals surface area contributed by atoms with Gasteiger partial charge in [0.2, 0.25) is 0 Å². The Bertz CT molecular complexity index is 551. The van der Waals surface area contributed by atoms with E-state index in [1.54, 1.807) is 11.3 Å². The Hall–Kier alpha value is -1.65. The Morgan fingerprint density at radius 1 is 1.30 bits per heavy atom. The quantitative estimate of drug-likeness (QED) is 0.828. The molecule has 2 rings (SSSR count). The maximum absolute atomic E-state index is 12.1. The molecule has 0 aliphatic rings. The van der Waals surface area contributed by atoms with Crippen molar-refractivity contribution in [3.05, 3.63) is 57.8 Å². The van der Waals surface area contributed by atoms with Crippen LogP contribution in [0.3, 0.4) is 0 Å². The Morgan fingerprint density at radius 3 is 2.65 bits per heavy atom. The first-order valence-corrected chi connectivity index (χ1v) is 7.58. The first-order valence-electron chi connectivity index (χ1n) is 6.70. The number of aryl methyl sites for hydroxylation is 1. The average molecular weight is 289 g/mol. The number of hydrogen-bond acceptors (Lipinski definition) is 4. The zero-order chi connectivity index (χ0) is 14.4. The van der Waals surface area contributed by atoms with Crippen LogP contribution in [-0.4, -0.2) is 12.6 Å². The van der Waals surface area contributed by atoms with Gasteiger partial charge in [0.1, 0.15) is 6.04 Å². The van der Waals surface area contributed by atoms with Gasteiger partial charge in [-0.1, -0.05) is 30.3 Å². The van der Waals surface area contributed by atoms with Gasteiger partial charge in [-0.25, -0.2) is 4.79 Å². The van der Waals surface area contributed by atoms with E-state index in [-0.39, 0.29) is 5.97 Å². The summed E-state index contributed by atoms with van der Waals surface area (Å²) in [5.41, 5.74) is 2.27. The average Bonchev–Trinajstić information content (AvgIpc) is 2.87. The Balaban J connectivity index is 2.11. The van der Waals surface area contributed by atoms with E-state index < -0.39 is 6.04 Å². The SMILES string of the molecule is CCOC(=O)C(NCc1ccccc1)c1sccc1C. The first kappa shape index (κ1) is 14.8. The number of ether oxygens (including phenoxy) is 1. The first-order chi connectivity index (χ1) is 9.72. The zero-order valence-electron chi connectivity index (χ0n) is 11.8. The van der Waals surface area contributed by atoms with Crippen molar-refractivity contribution in [3.8, 4) is 0 Å². The molecule has 1 aromatic heterocycles. The molecule has 2 aromatic rings. The lowest BCUT2D eigenvalue weighted by Crippen LogP contribution is -2.29. The van der Waals surface area contributed by atoms with Crippen molar-refractivity contribution < 1.29 is 9.53 Å². The number of carbonyl (C=O) groups excluding carboxylic acids is 1. The van der Waals surface area contributed by atoms with Crippen LogP contribution in [0, 0.1) is 6.92 Å². The number of benzene rings is 1. The summed E-state index contributed by atoms with van der Waals surface area (Å²) in [6.07, 6.45) is 0. The molecule has 1 aromatic carbocycles. The molecular formula is C16H19NO2S. The molecule has 0 fully saturated rings. The van der Waals surface area contributed by atoms with Crippen LogP contribution in [0.15, 0.2) is 41.8 Å². The highest BCUT2D eigenvalue weighted by atomic mass is 32.1. The normalized spacial score (nSPS) is 12.1. The van der Waals surface area contributed by atoms with Crippen LogP contribution in [-0.2, 0) is 16.1 Å². The van der Waals surface area contributed by atoms with Crippen LogP contribution in [0.4, 0.5) is 0 Å². The third kappa shape index (κ3) is 3.68. The van der Waals surface area contributed by atoms with Gasteiger partial charge < -0.3 is 4.74 Å². The van der Waals surface area contributed by atoms with Crippen molar-refractivity contribution in [2.75, 3.05) is 6.61 Å². The Labute approximate surface area is 123 Å². The molecule has 3 nitrogen and oxygen atoms in total. The van der Waals surface area contributed by atoms with Crippen molar-refractivity contribution in [1.82, 2.24) is 5.32 Å². The van der Waals surface area contributed by atoms with Crippen molar-refractivity contribution in [3.63, 3.8) is 0 Å². The van der Waals surface area contributed by atoms with Gasteiger partial charge in [0.25, 0.3) is 0 Å². The molecule has 0 saturated heterocycles. The predicted molar refractivity (Wildman–Crippen MR) is 81.7 cm³/mol. The van der Waals surface area contributed by atoms with Gasteiger partial charge >= 0.3 is 5.97 Å². The fourth-order valence-corrected chi connectivity index (χ4v) is 2.99. The smallest absolute Gasteiger partial charge is 0.328 e. The molecule has 0 saturated carbocycles. The molecule has 0 bridgehead atoms. The van der Waals surface area contributed by atoms with E-state index in [9.17, 15) is 4.79 Å². The highest BCUT2D eigenvalue weighted by Gasteiger charge is 2.24. The molecule has 0 aliphatic carbocycles. The third-order valence-electron chi connectivity index (χ3n) is 3.04. The summed E-state index contributed by atoms with van der Waals surface area (Å²) < 4.78 is 5.18. The molecule has 4 heteroatoms. The lowest BCUT2D eigenvalue weighted by atomic mass is 10.1. The maximum atomic E-state index is 12.1. The molecule has 1 heterocycles. The second-order valence-electron chi connectivity index (χ2n) is 4.52. The predicted octanol–water partition coefficient (Wildman–Crippen LogP) is 3.45. The van der Waals surface area contributed by atoms with Crippen molar-refractivity contribution in [1.29, 1.82) is 0 Å². The number of esters is 1. The summed E-state index contributed by atoms with van der Waals surface area (Å²) in [4.78, 5) is 13.2. The lowest BCUT2D eigenvalue weighted by molar-refractivity contribution is -0.145. The van der Waals surface area contributed by atoms with Gasteiger partial charge in [-0.15, -0.1) is 11.3 Å². The van der Waals surface area contributed by atoms with Gasteiger partial charge in [-0.3, -0.25) is 5.32 Å². The summed E-state index contributed by atoms with van der Waals surface area (Å²) >= 11 is 1.58. The van der Waals surface area contributed by atoms with Gasteiger partial charge in [-0.05, 0) is 36.4 Å². The van der Waals surface area contributed by atoms with Crippen LogP contribution in [0.25, 0.3) is 0 Å². The molecule has 1 N–H and O–H groups in total. The number of hydrogen-bond donors (Lipinski definition) is 1. The van der Waals surface area contributed by atoms with E-state index in [1.807, 2.05) is 55.6 Å². The highest BCUT2D eigenvalue weighted by molar-refractivity contribution is 7.10. The Kier molecular flexibility index (Phi) is 5.32. The van der Waals surface area contributed by atoms with Gasteiger partial charge in [0, 0.05) is 11.4 Å². The van der Waals surface area contributed by atoms with E-state index in [1.165, 1.54) is 0 Å². The second kappa shape index (κ2) is 7.22. The second-order valence-corrected chi connectivity index (χ2v) is 5.47. The minimum Gasteiger partial charge on any atom is -0.465 e. The number of carbonyl (C=O) groups is 1. The molecule has 0 aliphatic heterocycles. The largest absolute Gasteiger partial charge is 0.465 e. The van der Waals surface area contributed by atoms with Crippen molar-refractivity contribution in [2.24, 2.45) is 0 Å². The topological polar surface area (TPSA) is 38.3 Å².